The average Bonchev–Trinajstić information content (AvgIpc) is 3.37. The lowest BCUT2D eigenvalue weighted by Crippen LogP contribution is -2.47. The number of nitrogens with zero attached hydrogens (tertiary/aromatic N) is 4. The van der Waals surface area contributed by atoms with Gasteiger partial charge < -0.3 is 9.64 Å². The molecule has 130 valence electrons. The van der Waals surface area contributed by atoms with Crippen molar-refractivity contribution >= 4 is 23.2 Å². The minimum absolute atomic E-state index is 0.0448. The van der Waals surface area contributed by atoms with Gasteiger partial charge >= 0.3 is 5.97 Å². The van der Waals surface area contributed by atoms with Crippen LogP contribution >= 0.6 is 11.3 Å². The summed E-state index contributed by atoms with van der Waals surface area (Å²) in [6.45, 7) is 0. The Labute approximate surface area is 149 Å². The molecule has 2 aliphatic rings. The number of fused-ring (bicyclic) bond motifs is 2. The fourth-order valence-corrected chi connectivity index (χ4v) is 4.95. The third kappa shape index (κ3) is 2.52. The molecule has 3 atom stereocenters. The van der Waals surface area contributed by atoms with Crippen molar-refractivity contribution in [3.8, 4) is 0 Å². The smallest absolute Gasteiger partial charge is 0.314 e. The zero-order chi connectivity index (χ0) is 17.4. The van der Waals surface area contributed by atoms with Crippen LogP contribution in [0.3, 0.4) is 0 Å². The Morgan fingerprint density at radius 2 is 2.28 bits per heavy atom. The largest absolute Gasteiger partial charge is 0.469 e. The minimum atomic E-state index is -0.720. The van der Waals surface area contributed by atoms with Crippen LogP contribution in [0.1, 0.15) is 35.3 Å². The molecule has 0 radical (unpaired) electrons. The lowest BCUT2D eigenvalue weighted by Gasteiger charge is -2.34. The van der Waals surface area contributed by atoms with Gasteiger partial charge in [-0.1, -0.05) is 0 Å². The molecule has 2 aromatic rings. The van der Waals surface area contributed by atoms with Gasteiger partial charge in [-0.15, -0.1) is 11.3 Å². The predicted octanol–water partition coefficient (Wildman–Crippen LogP) is 1.71. The number of carbonyl (C=O) groups is 2. The highest BCUT2D eigenvalue weighted by atomic mass is 32.1. The molecular formula is C17H18N4O3S. The summed E-state index contributed by atoms with van der Waals surface area (Å²) in [5.74, 6) is -0.343. The summed E-state index contributed by atoms with van der Waals surface area (Å²) in [6.07, 6.45) is 5.81. The van der Waals surface area contributed by atoms with Crippen molar-refractivity contribution in [2.24, 2.45) is 5.41 Å². The fraction of sp³-hybridized carbons (Fsp3) is 0.471. The molecule has 25 heavy (non-hydrogen) atoms. The number of hydrogen-bond donors (Lipinski definition) is 0. The normalized spacial score (nSPS) is 27.5. The molecule has 0 saturated carbocycles. The molecule has 2 saturated heterocycles. The number of rotatable bonds is 4. The first-order chi connectivity index (χ1) is 12.2. The second kappa shape index (κ2) is 6.18. The number of methoxy groups -OCH3 is 1. The summed E-state index contributed by atoms with van der Waals surface area (Å²) in [5.41, 5.74) is 2.42. The second-order valence-corrected chi connectivity index (χ2v) is 7.32. The Morgan fingerprint density at radius 1 is 1.40 bits per heavy atom. The highest BCUT2D eigenvalue weighted by Crippen LogP contribution is 2.52. The van der Waals surface area contributed by atoms with Crippen molar-refractivity contribution in [3.05, 3.63) is 40.6 Å². The molecule has 1 amide bonds. The lowest BCUT2D eigenvalue weighted by atomic mass is 9.71. The SMILES string of the molecule is COC(=O)[C@@]1(Cc2cscn2)C[C@H]2CC[C@@H]1N2C(=O)c1ccnnc1. The topological polar surface area (TPSA) is 85.3 Å². The third-order valence-electron chi connectivity index (χ3n) is 5.38. The molecular weight excluding hydrogens is 340 g/mol. The van der Waals surface area contributed by atoms with E-state index in [1.807, 2.05) is 10.3 Å². The van der Waals surface area contributed by atoms with Gasteiger partial charge in [-0.2, -0.15) is 10.2 Å². The molecule has 0 aliphatic carbocycles. The maximum Gasteiger partial charge on any atom is 0.314 e. The van der Waals surface area contributed by atoms with E-state index < -0.39 is 5.41 Å². The third-order valence-corrected chi connectivity index (χ3v) is 6.01. The summed E-state index contributed by atoms with van der Waals surface area (Å²) in [6, 6.07) is 1.53. The van der Waals surface area contributed by atoms with Gasteiger partial charge in [0.25, 0.3) is 5.91 Å². The first-order valence-corrected chi connectivity index (χ1v) is 9.15. The van der Waals surface area contributed by atoms with Crippen molar-refractivity contribution in [2.75, 3.05) is 7.11 Å². The molecule has 2 bridgehead atoms. The molecule has 7 nitrogen and oxygen atoms in total. The summed E-state index contributed by atoms with van der Waals surface area (Å²) in [7, 11) is 1.41. The number of carbonyl (C=O) groups excluding carboxylic acids is 2. The van der Waals surface area contributed by atoms with Crippen LogP contribution in [-0.4, -0.2) is 51.2 Å². The van der Waals surface area contributed by atoms with Crippen LogP contribution < -0.4 is 0 Å². The molecule has 2 aliphatic heterocycles. The molecule has 0 N–H and O–H groups in total. The minimum Gasteiger partial charge on any atom is -0.469 e. The van der Waals surface area contributed by atoms with Gasteiger partial charge in [-0.05, 0) is 25.3 Å². The van der Waals surface area contributed by atoms with E-state index in [9.17, 15) is 9.59 Å². The van der Waals surface area contributed by atoms with Crippen molar-refractivity contribution in [1.82, 2.24) is 20.1 Å². The van der Waals surface area contributed by atoms with Gasteiger partial charge in [0.1, 0.15) is 0 Å². The molecule has 4 heterocycles. The fourth-order valence-electron chi connectivity index (χ4n) is 4.39. The van der Waals surface area contributed by atoms with Gasteiger partial charge in [-0.25, -0.2) is 4.98 Å². The van der Waals surface area contributed by atoms with Crippen LogP contribution in [-0.2, 0) is 16.0 Å². The van der Waals surface area contributed by atoms with E-state index >= 15 is 0 Å². The van der Waals surface area contributed by atoms with Crippen molar-refractivity contribution in [2.45, 2.75) is 37.8 Å². The van der Waals surface area contributed by atoms with E-state index in [4.69, 9.17) is 4.74 Å². The molecule has 2 aromatic heterocycles. The van der Waals surface area contributed by atoms with Crippen LogP contribution in [0.4, 0.5) is 0 Å². The van der Waals surface area contributed by atoms with Crippen molar-refractivity contribution in [1.29, 1.82) is 0 Å². The molecule has 0 spiro atoms. The maximum atomic E-state index is 13.0. The Bertz CT molecular complexity index is 782. The Kier molecular flexibility index (Phi) is 3.99. The average molecular weight is 358 g/mol. The lowest BCUT2D eigenvalue weighted by molar-refractivity contribution is -0.154. The van der Waals surface area contributed by atoms with Gasteiger partial charge in [0.15, 0.2) is 0 Å². The van der Waals surface area contributed by atoms with Crippen LogP contribution in [0, 0.1) is 5.41 Å². The Morgan fingerprint density at radius 3 is 2.96 bits per heavy atom. The van der Waals surface area contributed by atoms with Gasteiger partial charge in [0, 0.05) is 23.9 Å². The predicted molar refractivity (Wildman–Crippen MR) is 89.9 cm³/mol. The van der Waals surface area contributed by atoms with E-state index in [0.717, 1.165) is 18.5 Å². The van der Waals surface area contributed by atoms with Crippen LogP contribution in [0.2, 0.25) is 0 Å². The monoisotopic (exact) mass is 358 g/mol. The molecule has 0 unspecified atom stereocenters. The number of thiazole rings is 1. The van der Waals surface area contributed by atoms with Crippen LogP contribution in [0.25, 0.3) is 0 Å². The highest BCUT2D eigenvalue weighted by molar-refractivity contribution is 7.07. The zero-order valence-electron chi connectivity index (χ0n) is 13.8. The number of esters is 1. The number of aromatic nitrogens is 3. The molecule has 0 aromatic carbocycles. The van der Waals surface area contributed by atoms with Gasteiger partial charge in [0.2, 0.25) is 0 Å². The molecule has 8 heteroatoms. The van der Waals surface area contributed by atoms with E-state index in [1.54, 1.807) is 11.6 Å². The Balaban J connectivity index is 1.69. The number of ether oxygens (including phenoxy) is 1. The van der Waals surface area contributed by atoms with E-state index in [1.165, 1.54) is 30.8 Å². The molecule has 2 fully saturated rings. The van der Waals surface area contributed by atoms with E-state index in [-0.39, 0.29) is 24.0 Å². The van der Waals surface area contributed by atoms with Crippen LogP contribution in [0.5, 0.6) is 0 Å². The summed E-state index contributed by atoms with van der Waals surface area (Å²) < 4.78 is 5.15. The molecule has 4 rings (SSSR count). The quantitative estimate of drug-likeness (QED) is 0.774. The first-order valence-electron chi connectivity index (χ1n) is 8.20. The zero-order valence-corrected chi connectivity index (χ0v) is 14.6. The summed E-state index contributed by atoms with van der Waals surface area (Å²) in [5, 5.41) is 9.48. The highest BCUT2D eigenvalue weighted by Gasteiger charge is 2.62. The van der Waals surface area contributed by atoms with E-state index in [2.05, 4.69) is 15.2 Å². The van der Waals surface area contributed by atoms with Gasteiger partial charge in [-0.3, -0.25) is 9.59 Å². The standard InChI is InChI=1S/C17H18N4O3S/c1-24-16(23)17(6-12-9-25-10-18-12)7-13-2-3-14(17)21(13)15(22)11-4-5-19-20-8-11/h4-5,8-10,13-14H,2-3,6-7H2,1H3/t13-,14+,17+/m1/s1. The van der Waals surface area contributed by atoms with Crippen LogP contribution in [0.15, 0.2) is 29.4 Å². The number of amides is 1. The van der Waals surface area contributed by atoms with E-state index in [0.29, 0.717) is 18.4 Å². The maximum absolute atomic E-state index is 13.0. The summed E-state index contributed by atoms with van der Waals surface area (Å²) >= 11 is 1.51. The Hall–Kier alpha value is -2.35. The second-order valence-electron chi connectivity index (χ2n) is 6.60. The van der Waals surface area contributed by atoms with Crippen molar-refractivity contribution < 1.29 is 14.3 Å². The summed E-state index contributed by atoms with van der Waals surface area (Å²) in [4.78, 5) is 32.0. The van der Waals surface area contributed by atoms with Crippen molar-refractivity contribution in [3.63, 3.8) is 0 Å². The van der Waals surface area contributed by atoms with Gasteiger partial charge in [0.05, 0.1) is 41.7 Å². The first kappa shape index (κ1) is 16.1. The number of hydrogen-bond acceptors (Lipinski definition) is 7.